The number of hydrogen-bond donors (Lipinski definition) is 1. The molecular weight excluding hydrogens is 276 g/mol. The summed E-state index contributed by atoms with van der Waals surface area (Å²) < 4.78 is 5.25. The van der Waals surface area contributed by atoms with Crippen LogP contribution >= 0.6 is 11.8 Å². The lowest BCUT2D eigenvalue weighted by atomic mass is 10.2. The van der Waals surface area contributed by atoms with E-state index in [-0.39, 0.29) is 23.8 Å². The van der Waals surface area contributed by atoms with E-state index < -0.39 is 0 Å². The molecule has 6 nitrogen and oxygen atoms in total. The maximum Gasteiger partial charge on any atom is 0.295 e. The van der Waals surface area contributed by atoms with E-state index in [0.717, 1.165) is 31.7 Å². The van der Waals surface area contributed by atoms with E-state index in [2.05, 4.69) is 29.3 Å². The first kappa shape index (κ1) is 13.9. The molecule has 3 rings (SSSR count). The molecule has 3 unspecified atom stereocenters. The summed E-state index contributed by atoms with van der Waals surface area (Å²) in [6.07, 6.45) is 2.10. The summed E-state index contributed by atoms with van der Waals surface area (Å²) in [5.41, 5.74) is 0. The highest BCUT2D eigenvalue weighted by molar-refractivity contribution is 8.00. The van der Waals surface area contributed by atoms with Gasteiger partial charge in [-0.15, -0.1) is 0 Å². The molecule has 1 N–H and O–H groups in total. The van der Waals surface area contributed by atoms with Crippen molar-refractivity contribution in [2.75, 3.05) is 18.8 Å². The van der Waals surface area contributed by atoms with Gasteiger partial charge in [0, 0.05) is 23.6 Å². The number of nitrogens with zero attached hydrogens (tertiary/aromatic N) is 3. The molecule has 110 valence electrons. The van der Waals surface area contributed by atoms with Crippen molar-refractivity contribution in [3.63, 3.8) is 0 Å². The molecule has 1 amide bonds. The van der Waals surface area contributed by atoms with Crippen LogP contribution in [0.25, 0.3) is 0 Å². The van der Waals surface area contributed by atoms with Crippen LogP contribution in [0.1, 0.15) is 49.2 Å². The number of carbonyl (C=O) groups is 1. The van der Waals surface area contributed by atoms with Crippen molar-refractivity contribution in [1.82, 2.24) is 20.4 Å². The maximum atomic E-state index is 12.5. The predicted octanol–water partition coefficient (Wildman–Crippen LogP) is 1.46. The van der Waals surface area contributed by atoms with Crippen LogP contribution in [0.4, 0.5) is 0 Å². The van der Waals surface area contributed by atoms with Gasteiger partial charge in [-0.3, -0.25) is 4.79 Å². The number of amides is 1. The van der Waals surface area contributed by atoms with Crippen molar-refractivity contribution in [2.24, 2.45) is 0 Å². The number of carbonyl (C=O) groups excluding carboxylic acids is 1. The Balaban J connectivity index is 1.73. The van der Waals surface area contributed by atoms with Crippen LogP contribution in [0.3, 0.4) is 0 Å². The zero-order valence-electron chi connectivity index (χ0n) is 11.8. The summed E-state index contributed by atoms with van der Waals surface area (Å²) in [6.45, 7) is 5.95. The molecule has 0 saturated carbocycles. The van der Waals surface area contributed by atoms with Crippen molar-refractivity contribution in [3.05, 3.63) is 11.7 Å². The van der Waals surface area contributed by atoms with Gasteiger partial charge in [-0.2, -0.15) is 16.7 Å². The first-order valence-electron chi connectivity index (χ1n) is 7.16. The first-order chi connectivity index (χ1) is 9.66. The minimum absolute atomic E-state index is 0.109. The normalized spacial score (nSPS) is 30.7. The quantitative estimate of drug-likeness (QED) is 0.891. The number of nitrogens with one attached hydrogen (secondary N) is 1. The molecule has 3 atom stereocenters. The lowest BCUT2D eigenvalue weighted by Gasteiger charge is -2.36. The number of aromatic nitrogens is 2. The number of hydrogen-bond acceptors (Lipinski definition) is 6. The Hall–Kier alpha value is -1.08. The van der Waals surface area contributed by atoms with Gasteiger partial charge >= 0.3 is 0 Å². The highest BCUT2D eigenvalue weighted by Gasteiger charge is 2.32. The zero-order chi connectivity index (χ0) is 14.1. The van der Waals surface area contributed by atoms with Gasteiger partial charge in [0.2, 0.25) is 5.89 Å². The molecule has 1 aromatic rings. The van der Waals surface area contributed by atoms with Gasteiger partial charge in [-0.1, -0.05) is 12.1 Å². The second-order valence-electron chi connectivity index (χ2n) is 5.42. The van der Waals surface area contributed by atoms with Gasteiger partial charge < -0.3 is 14.7 Å². The fourth-order valence-corrected chi connectivity index (χ4v) is 3.81. The molecule has 20 heavy (non-hydrogen) atoms. The molecule has 1 aromatic heterocycles. The molecule has 7 heteroatoms. The molecule has 0 radical (unpaired) electrons. The van der Waals surface area contributed by atoms with Gasteiger partial charge in [0.05, 0.1) is 6.04 Å². The highest BCUT2D eigenvalue weighted by atomic mass is 32.2. The minimum Gasteiger partial charge on any atom is -0.337 e. The van der Waals surface area contributed by atoms with E-state index in [1.807, 2.05) is 16.7 Å². The standard InChI is InChI=1S/C13H20N4O2S/c1-8-9(2)20-7-6-17(8)13(18)11-15-12(19-16-11)10-4-3-5-14-10/h8-10,14H,3-7H2,1-2H3. The van der Waals surface area contributed by atoms with Gasteiger partial charge in [0.25, 0.3) is 11.7 Å². The molecule has 2 aliphatic heterocycles. The smallest absolute Gasteiger partial charge is 0.295 e. The van der Waals surface area contributed by atoms with Crippen molar-refractivity contribution < 1.29 is 9.32 Å². The molecule has 0 bridgehead atoms. The van der Waals surface area contributed by atoms with Crippen LogP contribution in [-0.2, 0) is 0 Å². The second kappa shape index (κ2) is 5.73. The van der Waals surface area contributed by atoms with Crippen molar-refractivity contribution in [3.8, 4) is 0 Å². The molecule has 2 aliphatic rings. The fourth-order valence-electron chi connectivity index (χ4n) is 2.71. The van der Waals surface area contributed by atoms with Crippen molar-refractivity contribution >= 4 is 17.7 Å². The Morgan fingerprint density at radius 2 is 2.35 bits per heavy atom. The van der Waals surface area contributed by atoms with E-state index in [4.69, 9.17) is 4.52 Å². The molecule has 0 aromatic carbocycles. The Bertz CT molecular complexity index is 486. The van der Waals surface area contributed by atoms with Crippen LogP contribution in [-0.4, -0.2) is 51.1 Å². The molecule has 3 heterocycles. The Morgan fingerprint density at radius 3 is 3.10 bits per heavy atom. The van der Waals surface area contributed by atoms with E-state index in [1.54, 1.807) is 0 Å². The van der Waals surface area contributed by atoms with E-state index in [9.17, 15) is 4.79 Å². The third-order valence-corrected chi connectivity index (χ3v) is 5.47. The number of thioether (sulfide) groups is 1. The van der Waals surface area contributed by atoms with Crippen LogP contribution in [0.15, 0.2) is 4.52 Å². The Kier molecular flexibility index (Phi) is 3.98. The summed E-state index contributed by atoms with van der Waals surface area (Å²) in [7, 11) is 0. The summed E-state index contributed by atoms with van der Waals surface area (Å²) in [4.78, 5) is 18.6. The summed E-state index contributed by atoms with van der Waals surface area (Å²) in [6, 6.07) is 0.310. The third kappa shape index (κ3) is 2.56. The van der Waals surface area contributed by atoms with Crippen LogP contribution in [0.5, 0.6) is 0 Å². The minimum atomic E-state index is -0.113. The largest absolute Gasteiger partial charge is 0.337 e. The van der Waals surface area contributed by atoms with E-state index in [1.165, 1.54) is 0 Å². The molecule has 0 spiro atoms. The molecular formula is C13H20N4O2S. The molecule has 2 saturated heterocycles. The monoisotopic (exact) mass is 296 g/mol. The van der Waals surface area contributed by atoms with E-state index >= 15 is 0 Å². The van der Waals surface area contributed by atoms with Crippen molar-refractivity contribution in [2.45, 2.75) is 44.0 Å². The highest BCUT2D eigenvalue weighted by Crippen LogP contribution is 2.26. The van der Waals surface area contributed by atoms with E-state index in [0.29, 0.717) is 11.1 Å². The average molecular weight is 296 g/mol. The fraction of sp³-hybridized carbons (Fsp3) is 0.769. The topological polar surface area (TPSA) is 71.3 Å². The Labute approximate surface area is 122 Å². The van der Waals surface area contributed by atoms with Gasteiger partial charge in [-0.25, -0.2) is 0 Å². The van der Waals surface area contributed by atoms with Crippen LogP contribution in [0.2, 0.25) is 0 Å². The summed E-state index contributed by atoms with van der Waals surface area (Å²) in [5, 5.41) is 7.61. The molecule has 0 aliphatic carbocycles. The lowest BCUT2D eigenvalue weighted by Crippen LogP contribution is -2.48. The average Bonchev–Trinajstić information content (AvgIpc) is 3.11. The summed E-state index contributed by atoms with van der Waals surface area (Å²) >= 11 is 1.90. The van der Waals surface area contributed by atoms with Crippen LogP contribution in [0, 0.1) is 0 Å². The number of rotatable bonds is 2. The lowest BCUT2D eigenvalue weighted by molar-refractivity contribution is 0.0682. The second-order valence-corrected chi connectivity index (χ2v) is 6.91. The predicted molar refractivity (Wildman–Crippen MR) is 76.7 cm³/mol. The maximum absolute atomic E-state index is 12.5. The SMILES string of the molecule is CC1SCCN(C(=O)c2noc(C3CCCN3)n2)C1C. The summed E-state index contributed by atoms with van der Waals surface area (Å²) in [5.74, 6) is 1.59. The van der Waals surface area contributed by atoms with Gasteiger partial charge in [-0.05, 0) is 26.3 Å². The van der Waals surface area contributed by atoms with Crippen molar-refractivity contribution in [1.29, 1.82) is 0 Å². The zero-order valence-corrected chi connectivity index (χ0v) is 12.7. The van der Waals surface area contributed by atoms with Gasteiger partial charge in [0.1, 0.15) is 0 Å². The van der Waals surface area contributed by atoms with Gasteiger partial charge in [0.15, 0.2) is 0 Å². The Morgan fingerprint density at radius 1 is 1.50 bits per heavy atom. The first-order valence-corrected chi connectivity index (χ1v) is 8.21. The third-order valence-electron chi connectivity index (χ3n) is 4.14. The molecule has 2 fully saturated rings. The van der Waals surface area contributed by atoms with Crippen LogP contribution < -0.4 is 5.32 Å².